The molecule has 138 valence electrons. The average molecular weight is 362 g/mol. The third-order valence-corrected chi connectivity index (χ3v) is 5.86. The highest BCUT2D eigenvalue weighted by molar-refractivity contribution is 7.99. The van der Waals surface area contributed by atoms with Crippen molar-refractivity contribution in [2.24, 2.45) is 11.8 Å². The first-order valence-corrected chi connectivity index (χ1v) is 10.4. The third-order valence-electron chi connectivity index (χ3n) is 4.74. The minimum Gasteiger partial charge on any atom is -0.396 e. The number of carbonyl (C=O) groups is 1. The zero-order chi connectivity index (χ0) is 18.1. The van der Waals surface area contributed by atoms with Gasteiger partial charge in [0.1, 0.15) is 0 Å². The molecule has 1 fully saturated rings. The van der Waals surface area contributed by atoms with Gasteiger partial charge in [-0.15, -0.1) is 11.8 Å². The van der Waals surface area contributed by atoms with Crippen molar-refractivity contribution in [3.63, 3.8) is 0 Å². The van der Waals surface area contributed by atoms with Gasteiger partial charge >= 0.3 is 0 Å². The van der Waals surface area contributed by atoms with Crippen molar-refractivity contribution in [3.05, 3.63) is 35.9 Å². The van der Waals surface area contributed by atoms with E-state index in [1.165, 1.54) is 11.3 Å². The highest BCUT2D eigenvalue weighted by atomic mass is 32.2. The third kappa shape index (κ3) is 6.87. The molecule has 1 N–H and O–H groups in total. The van der Waals surface area contributed by atoms with E-state index < -0.39 is 0 Å². The second-order valence-corrected chi connectivity index (χ2v) is 8.32. The van der Waals surface area contributed by atoms with Crippen LogP contribution in [0.5, 0.6) is 0 Å². The fraction of sp³-hybridized carbons (Fsp3) is 0.571. The molecule has 2 rings (SSSR count). The summed E-state index contributed by atoms with van der Waals surface area (Å²) in [6.07, 6.45) is 7.74. The molecule has 0 radical (unpaired) electrons. The van der Waals surface area contributed by atoms with Crippen LogP contribution in [0.2, 0.25) is 0 Å². The van der Waals surface area contributed by atoms with E-state index in [0.717, 1.165) is 43.7 Å². The molecule has 1 aliphatic rings. The van der Waals surface area contributed by atoms with Crippen molar-refractivity contribution < 1.29 is 9.90 Å². The van der Waals surface area contributed by atoms with Gasteiger partial charge in [0.2, 0.25) is 5.91 Å². The number of amides is 1. The topological polar surface area (TPSA) is 40.5 Å². The number of benzene rings is 1. The Morgan fingerprint density at radius 2 is 2.04 bits per heavy atom. The van der Waals surface area contributed by atoms with E-state index in [9.17, 15) is 4.79 Å². The highest BCUT2D eigenvalue weighted by Crippen LogP contribution is 2.26. The molecule has 1 amide bonds. The van der Waals surface area contributed by atoms with E-state index in [-0.39, 0.29) is 12.5 Å². The van der Waals surface area contributed by atoms with Crippen LogP contribution >= 0.6 is 11.8 Å². The number of piperidine rings is 1. The second kappa shape index (κ2) is 10.7. The predicted molar refractivity (Wildman–Crippen MR) is 107 cm³/mol. The van der Waals surface area contributed by atoms with Crippen LogP contribution in [0.3, 0.4) is 0 Å². The van der Waals surface area contributed by atoms with Gasteiger partial charge in [-0.2, -0.15) is 0 Å². The van der Waals surface area contributed by atoms with Gasteiger partial charge in [-0.25, -0.2) is 0 Å². The van der Waals surface area contributed by atoms with Gasteiger partial charge in [0, 0.05) is 30.7 Å². The molecule has 0 spiro atoms. The number of hydrogen-bond acceptors (Lipinski definition) is 3. The summed E-state index contributed by atoms with van der Waals surface area (Å²) in [4.78, 5) is 15.6. The van der Waals surface area contributed by atoms with E-state index in [2.05, 4.69) is 32.0 Å². The van der Waals surface area contributed by atoms with Gasteiger partial charge in [-0.1, -0.05) is 32.0 Å². The van der Waals surface area contributed by atoms with Crippen molar-refractivity contribution in [3.8, 4) is 0 Å². The van der Waals surface area contributed by atoms with Crippen molar-refractivity contribution >= 4 is 23.7 Å². The summed E-state index contributed by atoms with van der Waals surface area (Å²) in [5.41, 5.74) is 1.12. The number of likely N-dealkylation sites (tertiary alicyclic amines) is 1. The molecular formula is C21H31NO2S. The standard InChI is InChI=1S/C21H31NO2S/c1-17(2)12-16-25-20-6-4-3-5-19(20)7-8-21(24)22-13-9-18(10-14-22)11-15-23/h3-8,17-18,23H,9-16H2,1-2H3/b8-7+. The number of carbonyl (C=O) groups excluding carboxylic acids is 1. The highest BCUT2D eigenvalue weighted by Gasteiger charge is 2.20. The van der Waals surface area contributed by atoms with Gasteiger partial charge in [0.05, 0.1) is 0 Å². The summed E-state index contributed by atoms with van der Waals surface area (Å²) in [5, 5.41) is 9.03. The molecular weight excluding hydrogens is 330 g/mol. The quantitative estimate of drug-likeness (QED) is 0.549. The molecule has 0 saturated carbocycles. The van der Waals surface area contributed by atoms with Gasteiger partial charge in [-0.3, -0.25) is 4.79 Å². The largest absolute Gasteiger partial charge is 0.396 e. The Morgan fingerprint density at radius 3 is 2.72 bits per heavy atom. The first-order chi connectivity index (χ1) is 12.1. The van der Waals surface area contributed by atoms with Crippen LogP contribution in [-0.2, 0) is 4.79 Å². The average Bonchev–Trinajstić information content (AvgIpc) is 2.61. The summed E-state index contributed by atoms with van der Waals surface area (Å²) in [6.45, 7) is 6.35. The first kappa shape index (κ1) is 20.1. The zero-order valence-corrected chi connectivity index (χ0v) is 16.3. The lowest BCUT2D eigenvalue weighted by Crippen LogP contribution is -2.37. The minimum absolute atomic E-state index is 0.101. The van der Waals surface area contributed by atoms with E-state index in [0.29, 0.717) is 11.8 Å². The summed E-state index contributed by atoms with van der Waals surface area (Å²) < 4.78 is 0. The normalized spacial score (nSPS) is 16.1. The SMILES string of the molecule is CC(C)CCSc1ccccc1/C=C/C(=O)N1CCC(CCO)CC1. The summed E-state index contributed by atoms with van der Waals surface area (Å²) in [6, 6.07) is 8.30. The van der Waals surface area contributed by atoms with Crippen LogP contribution in [0.4, 0.5) is 0 Å². The number of thioether (sulfide) groups is 1. The van der Waals surface area contributed by atoms with Crippen LogP contribution in [0.25, 0.3) is 6.08 Å². The van der Waals surface area contributed by atoms with E-state index in [1.807, 2.05) is 28.8 Å². The number of aliphatic hydroxyl groups is 1. The monoisotopic (exact) mass is 361 g/mol. The molecule has 0 aliphatic carbocycles. The fourth-order valence-corrected chi connectivity index (χ4v) is 4.33. The van der Waals surface area contributed by atoms with Gasteiger partial charge in [0.25, 0.3) is 0 Å². The molecule has 1 aromatic carbocycles. The summed E-state index contributed by atoms with van der Waals surface area (Å²) in [5.74, 6) is 2.49. The molecule has 0 atom stereocenters. The maximum Gasteiger partial charge on any atom is 0.246 e. The molecule has 0 aromatic heterocycles. The van der Waals surface area contributed by atoms with Gasteiger partial charge < -0.3 is 10.0 Å². The van der Waals surface area contributed by atoms with Crippen molar-refractivity contribution in [2.75, 3.05) is 25.4 Å². The van der Waals surface area contributed by atoms with E-state index in [4.69, 9.17) is 5.11 Å². The first-order valence-electron chi connectivity index (χ1n) is 9.39. The van der Waals surface area contributed by atoms with Crippen LogP contribution in [0.15, 0.2) is 35.2 Å². The molecule has 1 saturated heterocycles. The number of rotatable bonds is 8. The van der Waals surface area contributed by atoms with E-state index >= 15 is 0 Å². The molecule has 25 heavy (non-hydrogen) atoms. The number of hydrogen-bond donors (Lipinski definition) is 1. The van der Waals surface area contributed by atoms with Crippen molar-refractivity contribution in [2.45, 2.75) is 44.4 Å². The van der Waals surface area contributed by atoms with Gasteiger partial charge in [0.15, 0.2) is 0 Å². The van der Waals surface area contributed by atoms with Gasteiger partial charge in [-0.05, 0) is 61.0 Å². The lowest BCUT2D eigenvalue weighted by Gasteiger charge is -2.31. The summed E-state index contributed by atoms with van der Waals surface area (Å²) in [7, 11) is 0. The van der Waals surface area contributed by atoms with E-state index in [1.54, 1.807) is 6.08 Å². The van der Waals surface area contributed by atoms with Crippen LogP contribution in [0.1, 0.15) is 45.1 Å². The Balaban J connectivity index is 1.89. The fourth-order valence-electron chi connectivity index (χ4n) is 3.05. The molecule has 1 aromatic rings. The van der Waals surface area contributed by atoms with Crippen LogP contribution in [0, 0.1) is 11.8 Å². The Kier molecular flexibility index (Phi) is 8.56. The zero-order valence-electron chi connectivity index (χ0n) is 15.5. The molecule has 0 unspecified atom stereocenters. The summed E-state index contributed by atoms with van der Waals surface area (Å²) >= 11 is 1.87. The maximum atomic E-state index is 12.4. The smallest absolute Gasteiger partial charge is 0.246 e. The number of aliphatic hydroxyl groups excluding tert-OH is 1. The molecule has 1 heterocycles. The number of nitrogens with zero attached hydrogens (tertiary/aromatic N) is 1. The van der Waals surface area contributed by atoms with Crippen LogP contribution < -0.4 is 0 Å². The Hall–Kier alpha value is -1.26. The predicted octanol–water partition coefficient (Wildman–Crippen LogP) is 4.46. The molecule has 4 heteroatoms. The second-order valence-electron chi connectivity index (χ2n) is 7.18. The Labute approximate surface area is 156 Å². The molecule has 1 aliphatic heterocycles. The maximum absolute atomic E-state index is 12.4. The van der Waals surface area contributed by atoms with Crippen molar-refractivity contribution in [1.82, 2.24) is 4.90 Å². The van der Waals surface area contributed by atoms with Crippen molar-refractivity contribution in [1.29, 1.82) is 0 Å². The Bertz CT molecular complexity index is 563. The lowest BCUT2D eigenvalue weighted by molar-refractivity contribution is -0.127. The molecule has 0 bridgehead atoms. The van der Waals surface area contributed by atoms with Crippen LogP contribution in [-0.4, -0.2) is 41.4 Å². The Morgan fingerprint density at radius 1 is 1.32 bits per heavy atom. The lowest BCUT2D eigenvalue weighted by atomic mass is 9.94. The minimum atomic E-state index is 0.101. The molecule has 3 nitrogen and oxygen atoms in total.